The van der Waals surface area contributed by atoms with E-state index >= 15 is 0 Å². The maximum atomic E-state index is 13.1. The third-order valence-electron chi connectivity index (χ3n) is 4.36. The number of nitrogens with two attached hydrogens (primary N) is 2. The number of rotatable bonds is 4. The molecular formula is C20H21F3N6O2. The lowest BCUT2D eigenvalue weighted by Crippen LogP contribution is -2.25. The molecule has 0 aliphatic heterocycles. The van der Waals surface area contributed by atoms with E-state index in [0.29, 0.717) is 5.56 Å². The van der Waals surface area contributed by atoms with Crippen LogP contribution in [0.25, 0.3) is 11.3 Å². The number of phenols is 1. The Bertz CT molecular complexity index is 1150. The molecule has 1 amide bonds. The van der Waals surface area contributed by atoms with Gasteiger partial charge in [0.05, 0.1) is 11.2 Å². The summed E-state index contributed by atoms with van der Waals surface area (Å²) >= 11 is 0. The van der Waals surface area contributed by atoms with E-state index in [4.69, 9.17) is 11.5 Å². The third-order valence-corrected chi connectivity index (χ3v) is 4.36. The monoisotopic (exact) mass is 434 g/mol. The molecule has 3 rings (SSSR count). The van der Waals surface area contributed by atoms with Crippen LogP contribution in [0.1, 0.15) is 36.8 Å². The molecular weight excluding hydrogens is 413 g/mol. The number of phenolic OH excluding ortho intramolecular Hbond substituents is 1. The molecule has 31 heavy (non-hydrogen) atoms. The molecule has 0 aliphatic carbocycles. The zero-order valence-electron chi connectivity index (χ0n) is 16.9. The molecule has 8 nitrogen and oxygen atoms in total. The lowest BCUT2D eigenvalue weighted by Gasteiger charge is -2.23. The maximum Gasteiger partial charge on any atom is 0.433 e. The Morgan fingerprint density at radius 3 is 2.39 bits per heavy atom. The van der Waals surface area contributed by atoms with Gasteiger partial charge in [-0.05, 0) is 45.0 Å². The molecule has 1 aromatic carbocycles. The fraction of sp³-hybridized carbons (Fsp3) is 0.250. The van der Waals surface area contributed by atoms with Crippen LogP contribution in [-0.2, 0) is 11.7 Å². The summed E-state index contributed by atoms with van der Waals surface area (Å²) in [6, 6.07) is 7.66. The van der Waals surface area contributed by atoms with Crippen molar-refractivity contribution in [1.29, 1.82) is 0 Å². The van der Waals surface area contributed by atoms with Crippen molar-refractivity contribution in [3.05, 3.63) is 47.7 Å². The number of halogens is 3. The van der Waals surface area contributed by atoms with Crippen LogP contribution < -0.4 is 16.8 Å². The molecule has 0 saturated heterocycles. The smallest absolute Gasteiger partial charge is 0.433 e. The Balaban J connectivity index is 2.22. The largest absolute Gasteiger partial charge is 0.506 e. The quantitative estimate of drug-likeness (QED) is 0.364. The molecule has 0 saturated carbocycles. The summed E-state index contributed by atoms with van der Waals surface area (Å²) in [5.41, 5.74) is 10.0. The Hall–Kier alpha value is -3.76. The van der Waals surface area contributed by atoms with E-state index < -0.39 is 23.3 Å². The van der Waals surface area contributed by atoms with Gasteiger partial charge in [0.2, 0.25) is 0 Å². The predicted molar refractivity (Wildman–Crippen MR) is 110 cm³/mol. The van der Waals surface area contributed by atoms with Crippen LogP contribution in [-0.4, -0.2) is 25.8 Å². The topological polar surface area (TPSA) is 132 Å². The first-order chi connectivity index (χ1) is 14.3. The third kappa shape index (κ3) is 4.39. The predicted octanol–water partition coefficient (Wildman–Crippen LogP) is 3.85. The number of carbonyl (C=O) groups excluding carboxylic acids is 1. The average molecular weight is 434 g/mol. The summed E-state index contributed by atoms with van der Waals surface area (Å²) in [5.74, 6) is -1.16. The summed E-state index contributed by atoms with van der Waals surface area (Å²) in [6.45, 7) is 5.37. The van der Waals surface area contributed by atoms with Crippen LogP contribution in [0.5, 0.6) is 5.75 Å². The number of anilines is 3. The summed E-state index contributed by atoms with van der Waals surface area (Å²) in [7, 11) is 0. The van der Waals surface area contributed by atoms with Gasteiger partial charge >= 0.3 is 6.18 Å². The zero-order valence-corrected chi connectivity index (χ0v) is 16.9. The van der Waals surface area contributed by atoms with Gasteiger partial charge in [0.15, 0.2) is 0 Å². The second-order valence-corrected chi connectivity index (χ2v) is 7.82. The van der Waals surface area contributed by atoms with Crippen molar-refractivity contribution in [2.24, 2.45) is 5.73 Å². The van der Waals surface area contributed by atoms with Gasteiger partial charge in [0.1, 0.15) is 34.3 Å². The first kappa shape index (κ1) is 21.9. The number of nitrogens with one attached hydrogen (secondary N) is 1. The van der Waals surface area contributed by atoms with E-state index in [-0.39, 0.29) is 34.3 Å². The van der Waals surface area contributed by atoms with Gasteiger partial charge in [0.25, 0.3) is 5.91 Å². The highest BCUT2D eigenvalue weighted by atomic mass is 19.4. The molecule has 0 unspecified atom stereocenters. The van der Waals surface area contributed by atoms with E-state index in [1.807, 2.05) is 0 Å². The van der Waals surface area contributed by atoms with E-state index in [1.165, 1.54) is 28.9 Å². The van der Waals surface area contributed by atoms with Crippen molar-refractivity contribution in [2.75, 3.05) is 11.1 Å². The molecule has 0 radical (unpaired) electrons. The number of aromatic nitrogens is 3. The number of carbonyl (C=O) groups is 1. The summed E-state index contributed by atoms with van der Waals surface area (Å²) in [4.78, 5) is 16.0. The van der Waals surface area contributed by atoms with Gasteiger partial charge in [-0.1, -0.05) is 12.1 Å². The normalized spacial score (nSPS) is 12.1. The van der Waals surface area contributed by atoms with E-state index in [1.54, 1.807) is 26.8 Å². The fourth-order valence-electron chi connectivity index (χ4n) is 2.93. The first-order valence-electron chi connectivity index (χ1n) is 9.12. The maximum absolute atomic E-state index is 13.1. The highest BCUT2D eigenvalue weighted by Gasteiger charge is 2.33. The van der Waals surface area contributed by atoms with Gasteiger partial charge in [-0.2, -0.15) is 18.3 Å². The molecule has 0 bridgehead atoms. The molecule has 6 N–H and O–H groups in total. The molecule has 0 spiro atoms. The van der Waals surface area contributed by atoms with E-state index in [9.17, 15) is 23.1 Å². The minimum atomic E-state index is -4.64. The SMILES string of the molecule is CC(C)(C)n1nc(-c2ccc(N)c(O)c2)c(C(N)=O)c1Nc1cccc(C(F)(F)F)n1. The van der Waals surface area contributed by atoms with E-state index in [0.717, 1.165) is 6.07 Å². The minimum absolute atomic E-state index is 0.0677. The Morgan fingerprint density at radius 1 is 1.16 bits per heavy atom. The van der Waals surface area contributed by atoms with Crippen molar-refractivity contribution >= 4 is 23.2 Å². The van der Waals surface area contributed by atoms with Gasteiger partial charge in [-0.3, -0.25) is 4.79 Å². The fourth-order valence-corrected chi connectivity index (χ4v) is 2.93. The molecule has 3 aromatic rings. The molecule has 2 heterocycles. The molecule has 0 fully saturated rings. The van der Waals surface area contributed by atoms with Gasteiger partial charge in [-0.15, -0.1) is 0 Å². The van der Waals surface area contributed by atoms with Crippen molar-refractivity contribution in [1.82, 2.24) is 14.8 Å². The minimum Gasteiger partial charge on any atom is -0.506 e. The number of hydrogen-bond donors (Lipinski definition) is 4. The number of alkyl halides is 3. The van der Waals surface area contributed by atoms with Crippen molar-refractivity contribution in [2.45, 2.75) is 32.5 Å². The highest BCUT2D eigenvalue weighted by molar-refractivity contribution is 6.04. The number of nitrogen functional groups attached to an aromatic ring is 1. The number of hydrogen-bond acceptors (Lipinski definition) is 6. The van der Waals surface area contributed by atoms with Crippen LogP contribution in [0.15, 0.2) is 36.4 Å². The average Bonchev–Trinajstić information content (AvgIpc) is 3.03. The highest BCUT2D eigenvalue weighted by Crippen LogP contribution is 2.36. The van der Waals surface area contributed by atoms with Gasteiger partial charge in [-0.25, -0.2) is 9.67 Å². The van der Waals surface area contributed by atoms with Crippen molar-refractivity contribution < 1.29 is 23.1 Å². The molecule has 164 valence electrons. The van der Waals surface area contributed by atoms with Crippen molar-refractivity contribution in [3.8, 4) is 17.0 Å². The Kier molecular flexibility index (Phi) is 5.30. The standard InChI is InChI=1S/C20H21F3N6O2/c1-19(2,3)29-18(27-14-6-4-5-13(26-14)20(21,22)23)15(17(25)31)16(28-29)10-7-8-11(24)12(30)9-10/h4-9,30H,24H2,1-3H3,(H2,25,31)(H,26,27). The second kappa shape index (κ2) is 7.49. The van der Waals surface area contributed by atoms with Gasteiger partial charge in [0, 0.05) is 5.56 Å². The van der Waals surface area contributed by atoms with Crippen LogP contribution >= 0.6 is 0 Å². The molecule has 11 heteroatoms. The zero-order chi connectivity index (χ0) is 23.1. The Morgan fingerprint density at radius 2 is 1.84 bits per heavy atom. The van der Waals surface area contributed by atoms with Crippen LogP contribution in [0, 0.1) is 0 Å². The molecule has 2 aromatic heterocycles. The van der Waals surface area contributed by atoms with Crippen LogP contribution in [0.4, 0.5) is 30.5 Å². The van der Waals surface area contributed by atoms with E-state index in [2.05, 4.69) is 15.4 Å². The van der Waals surface area contributed by atoms with Gasteiger partial charge < -0.3 is 21.9 Å². The number of primary amides is 1. The Labute approximate surface area is 175 Å². The summed E-state index contributed by atoms with van der Waals surface area (Å²) < 4.78 is 40.6. The van der Waals surface area contributed by atoms with Crippen LogP contribution in [0.3, 0.4) is 0 Å². The molecule has 0 aliphatic rings. The second-order valence-electron chi connectivity index (χ2n) is 7.82. The summed E-state index contributed by atoms with van der Waals surface area (Å²) in [5, 5.41) is 17.2. The number of pyridine rings is 1. The number of benzene rings is 1. The summed E-state index contributed by atoms with van der Waals surface area (Å²) in [6.07, 6.45) is -4.64. The number of aromatic hydroxyl groups is 1. The lowest BCUT2D eigenvalue weighted by molar-refractivity contribution is -0.141. The van der Waals surface area contributed by atoms with Crippen LogP contribution in [0.2, 0.25) is 0 Å². The number of nitrogens with zero attached hydrogens (tertiary/aromatic N) is 3. The van der Waals surface area contributed by atoms with Crippen molar-refractivity contribution in [3.63, 3.8) is 0 Å². The molecule has 0 atom stereocenters. The lowest BCUT2D eigenvalue weighted by atomic mass is 10.1. The first-order valence-corrected chi connectivity index (χ1v) is 9.12. The number of amides is 1.